The summed E-state index contributed by atoms with van der Waals surface area (Å²) >= 11 is 0. The van der Waals surface area contributed by atoms with Crippen molar-refractivity contribution in [2.75, 3.05) is 13.2 Å². The molecule has 1 aliphatic heterocycles. The van der Waals surface area contributed by atoms with Gasteiger partial charge in [-0.1, -0.05) is 6.08 Å². The van der Waals surface area contributed by atoms with Crippen molar-refractivity contribution in [2.24, 2.45) is 5.41 Å². The van der Waals surface area contributed by atoms with Gasteiger partial charge >= 0.3 is 0 Å². The third-order valence-corrected chi connectivity index (χ3v) is 2.21. The molecule has 0 bridgehead atoms. The van der Waals surface area contributed by atoms with Crippen LogP contribution < -0.4 is 5.32 Å². The van der Waals surface area contributed by atoms with Gasteiger partial charge in [0.2, 0.25) is 5.91 Å². The van der Waals surface area contributed by atoms with E-state index in [0.29, 0.717) is 19.4 Å². The molecule has 3 nitrogen and oxygen atoms in total. The molecule has 0 spiro atoms. The van der Waals surface area contributed by atoms with E-state index in [1.54, 1.807) is 6.08 Å². The first-order chi connectivity index (χ1) is 5.25. The second-order valence-electron chi connectivity index (χ2n) is 2.94. The van der Waals surface area contributed by atoms with Gasteiger partial charge in [0.15, 0.2) is 0 Å². The number of carbonyl (C=O) groups excluding carboxylic acids is 1. The summed E-state index contributed by atoms with van der Waals surface area (Å²) in [6.07, 6.45) is 2.96. The molecule has 1 rings (SSSR count). The van der Waals surface area contributed by atoms with Crippen LogP contribution in [0.1, 0.15) is 12.8 Å². The lowest BCUT2D eigenvalue weighted by atomic mass is 9.84. The van der Waals surface area contributed by atoms with Crippen LogP contribution in [0.3, 0.4) is 0 Å². The molecular weight excluding hydrogens is 142 g/mol. The lowest BCUT2D eigenvalue weighted by Crippen LogP contribution is -2.34. The number of hydrogen-bond donors (Lipinski definition) is 2. The Balaban J connectivity index is 2.72. The molecule has 0 aromatic heterocycles. The standard InChI is InChI=1S/C8H13NO2/c1-2-3-8(6-10)4-5-9-7(8)11/h2,10H,1,3-6H2,(H,9,11)/t8-/m0/s1. The predicted octanol–water partition coefficient (Wildman–Crippen LogP) is 0.0611. The number of rotatable bonds is 3. The lowest BCUT2D eigenvalue weighted by Gasteiger charge is -2.20. The minimum absolute atomic E-state index is 0.0418. The molecule has 1 aliphatic rings. The van der Waals surface area contributed by atoms with E-state index in [0.717, 1.165) is 0 Å². The summed E-state index contributed by atoms with van der Waals surface area (Å²) in [6.45, 7) is 4.16. The topological polar surface area (TPSA) is 49.3 Å². The van der Waals surface area contributed by atoms with Crippen LogP contribution in [-0.4, -0.2) is 24.2 Å². The van der Waals surface area contributed by atoms with Crippen molar-refractivity contribution in [1.82, 2.24) is 5.32 Å². The normalized spacial score (nSPS) is 30.1. The van der Waals surface area contributed by atoms with Gasteiger partial charge in [-0.25, -0.2) is 0 Å². The minimum atomic E-state index is -0.568. The van der Waals surface area contributed by atoms with Crippen LogP contribution in [0.25, 0.3) is 0 Å². The molecular formula is C8H13NO2. The molecule has 1 saturated heterocycles. The Morgan fingerprint density at radius 1 is 1.82 bits per heavy atom. The van der Waals surface area contributed by atoms with E-state index < -0.39 is 5.41 Å². The lowest BCUT2D eigenvalue weighted by molar-refractivity contribution is -0.129. The van der Waals surface area contributed by atoms with Crippen LogP contribution in [0.4, 0.5) is 0 Å². The summed E-state index contributed by atoms with van der Waals surface area (Å²) in [4.78, 5) is 11.2. The summed E-state index contributed by atoms with van der Waals surface area (Å²) in [5.41, 5.74) is -0.568. The Morgan fingerprint density at radius 2 is 2.55 bits per heavy atom. The molecule has 3 heteroatoms. The zero-order valence-electron chi connectivity index (χ0n) is 6.47. The van der Waals surface area contributed by atoms with E-state index >= 15 is 0 Å². The summed E-state index contributed by atoms with van der Waals surface area (Å²) in [6, 6.07) is 0. The van der Waals surface area contributed by atoms with E-state index in [4.69, 9.17) is 5.11 Å². The predicted molar refractivity (Wildman–Crippen MR) is 42.0 cm³/mol. The zero-order chi connectivity index (χ0) is 8.32. The molecule has 2 N–H and O–H groups in total. The van der Waals surface area contributed by atoms with Crippen LogP contribution in [0, 0.1) is 5.41 Å². The molecule has 0 aliphatic carbocycles. The Bertz CT molecular complexity index is 179. The number of hydrogen-bond acceptors (Lipinski definition) is 2. The summed E-state index contributed by atoms with van der Waals surface area (Å²) in [5, 5.41) is 11.7. The van der Waals surface area contributed by atoms with Crippen LogP contribution in [0.2, 0.25) is 0 Å². The molecule has 62 valence electrons. The highest BCUT2D eigenvalue weighted by Gasteiger charge is 2.40. The fourth-order valence-electron chi connectivity index (χ4n) is 1.40. The number of aliphatic hydroxyl groups excluding tert-OH is 1. The van der Waals surface area contributed by atoms with E-state index in [1.807, 2.05) is 0 Å². The first-order valence-corrected chi connectivity index (χ1v) is 3.75. The van der Waals surface area contributed by atoms with E-state index in [1.165, 1.54) is 0 Å². The average Bonchev–Trinajstić information content (AvgIpc) is 2.35. The number of allylic oxidation sites excluding steroid dienone is 1. The van der Waals surface area contributed by atoms with Crippen molar-refractivity contribution in [2.45, 2.75) is 12.8 Å². The van der Waals surface area contributed by atoms with Gasteiger partial charge in [0.1, 0.15) is 0 Å². The Labute approximate surface area is 66.1 Å². The highest BCUT2D eigenvalue weighted by molar-refractivity contribution is 5.84. The quantitative estimate of drug-likeness (QED) is 0.566. The largest absolute Gasteiger partial charge is 0.395 e. The maximum Gasteiger partial charge on any atom is 0.228 e. The molecule has 0 aromatic rings. The van der Waals surface area contributed by atoms with Crippen LogP contribution in [-0.2, 0) is 4.79 Å². The van der Waals surface area contributed by atoms with Crippen molar-refractivity contribution in [3.8, 4) is 0 Å². The third kappa shape index (κ3) is 1.28. The van der Waals surface area contributed by atoms with Crippen LogP contribution >= 0.6 is 0 Å². The first-order valence-electron chi connectivity index (χ1n) is 3.75. The smallest absolute Gasteiger partial charge is 0.228 e. The Hall–Kier alpha value is -0.830. The third-order valence-electron chi connectivity index (χ3n) is 2.21. The van der Waals surface area contributed by atoms with Gasteiger partial charge in [-0.05, 0) is 12.8 Å². The van der Waals surface area contributed by atoms with Gasteiger partial charge in [-0.15, -0.1) is 6.58 Å². The summed E-state index contributed by atoms with van der Waals surface area (Å²) in [5.74, 6) is -0.0418. The second-order valence-corrected chi connectivity index (χ2v) is 2.94. The van der Waals surface area contributed by atoms with E-state index in [9.17, 15) is 4.79 Å². The first kappa shape index (κ1) is 8.27. The molecule has 1 amide bonds. The summed E-state index contributed by atoms with van der Waals surface area (Å²) in [7, 11) is 0. The van der Waals surface area contributed by atoms with Gasteiger partial charge < -0.3 is 10.4 Å². The molecule has 0 aromatic carbocycles. The van der Waals surface area contributed by atoms with E-state index in [-0.39, 0.29) is 12.5 Å². The fourth-order valence-corrected chi connectivity index (χ4v) is 1.40. The number of aliphatic hydroxyl groups is 1. The van der Waals surface area contributed by atoms with Gasteiger partial charge in [-0.2, -0.15) is 0 Å². The number of carbonyl (C=O) groups is 1. The average molecular weight is 155 g/mol. The molecule has 1 fully saturated rings. The number of amides is 1. The van der Waals surface area contributed by atoms with Crippen LogP contribution in [0.5, 0.6) is 0 Å². The van der Waals surface area contributed by atoms with Gasteiger partial charge in [0.05, 0.1) is 12.0 Å². The highest BCUT2D eigenvalue weighted by atomic mass is 16.3. The minimum Gasteiger partial charge on any atom is -0.395 e. The summed E-state index contributed by atoms with van der Waals surface area (Å²) < 4.78 is 0. The fraction of sp³-hybridized carbons (Fsp3) is 0.625. The molecule has 1 heterocycles. The second kappa shape index (κ2) is 3.05. The maximum absolute atomic E-state index is 11.2. The molecule has 11 heavy (non-hydrogen) atoms. The molecule has 0 unspecified atom stereocenters. The van der Waals surface area contributed by atoms with E-state index in [2.05, 4.69) is 11.9 Å². The molecule has 0 saturated carbocycles. The van der Waals surface area contributed by atoms with Crippen LogP contribution in [0.15, 0.2) is 12.7 Å². The van der Waals surface area contributed by atoms with Crippen molar-refractivity contribution in [1.29, 1.82) is 0 Å². The highest BCUT2D eigenvalue weighted by Crippen LogP contribution is 2.30. The Kier molecular flexibility index (Phi) is 2.29. The van der Waals surface area contributed by atoms with Crippen molar-refractivity contribution in [3.05, 3.63) is 12.7 Å². The Morgan fingerprint density at radius 3 is 2.91 bits per heavy atom. The number of nitrogens with one attached hydrogen (secondary N) is 1. The van der Waals surface area contributed by atoms with Crippen molar-refractivity contribution < 1.29 is 9.90 Å². The molecule has 1 atom stereocenters. The zero-order valence-corrected chi connectivity index (χ0v) is 6.47. The van der Waals surface area contributed by atoms with Gasteiger partial charge in [0.25, 0.3) is 0 Å². The van der Waals surface area contributed by atoms with Crippen molar-refractivity contribution >= 4 is 5.91 Å². The monoisotopic (exact) mass is 155 g/mol. The maximum atomic E-state index is 11.2. The SMILES string of the molecule is C=CC[C@@]1(CO)CCNC1=O. The van der Waals surface area contributed by atoms with Gasteiger partial charge in [0, 0.05) is 6.54 Å². The molecule has 0 radical (unpaired) electrons. The van der Waals surface area contributed by atoms with Gasteiger partial charge in [-0.3, -0.25) is 4.79 Å². The van der Waals surface area contributed by atoms with Crippen molar-refractivity contribution in [3.63, 3.8) is 0 Å².